The molecule has 0 aromatic carbocycles. The third kappa shape index (κ3) is 2.26. The lowest BCUT2D eigenvalue weighted by atomic mass is 9.99. The summed E-state index contributed by atoms with van der Waals surface area (Å²) in [6.45, 7) is 0.103. The van der Waals surface area contributed by atoms with E-state index in [0.717, 1.165) is 25.7 Å². The van der Waals surface area contributed by atoms with Gasteiger partial charge in [0.15, 0.2) is 0 Å². The Hall–Kier alpha value is -1.16. The standard InChI is InChI=1S/C11H15FN2O/c12-9-3-4-10(13-7-9)14-11(8-15)5-1-2-6-11/h3-4,7,15H,1-2,5-6,8H2,(H,13,14). The number of hydrogen-bond acceptors (Lipinski definition) is 3. The molecule has 0 saturated heterocycles. The summed E-state index contributed by atoms with van der Waals surface area (Å²) in [7, 11) is 0. The number of aliphatic hydroxyl groups excluding tert-OH is 1. The van der Waals surface area contributed by atoms with Gasteiger partial charge >= 0.3 is 0 Å². The zero-order chi connectivity index (χ0) is 10.7. The maximum atomic E-state index is 12.6. The van der Waals surface area contributed by atoms with Crippen LogP contribution in [-0.4, -0.2) is 22.2 Å². The first kappa shape index (κ1) is 10.4. The van der Waals surface area contributed by atoms with Crippen LogP contribution in [0.5, 0.6) is 0 Å². The van der Waals surface area contributed by atoms with E-state index in [1.54, 1.807) is 6.07 Å². The van der Waals surface area contributed by atoms with Crippen LogP contribution >= 0.6 is 0 Å². The maximum absolute atomic E-state index is 12.6. The Morgan fingerprint density at radius 2 is 2.13 bits per heavy atom. The minimum Gasteiger partial charge on any atom is -0.394 e. The van der Waals surface area contributed by atoms with Crippen molar-refractivity contribution in [3.8, 4) is 0 Å². The van der Waals surface area contributed by atoms with Crippen molar-refractivity contribution < 1.29 is 9.50 Å². The van der Waals surface area contributed by atoms with E-state index in [2.05, 4.69) is 10.3 Å². The number of anilines is 1. The van der Waals surface area contributed by atoms with Gasteiger partial charge in [0.25, 0.3) is 0 Å². The molecule has 3 nitrogen and oxygen atoms in total. The topological polar surface area (TPSA) is 45.1 Å². The Balaban J connectivity index is 2.09. The summed E-state index contributed by atoms with van der Waals surface area (Å²) in [4.78, 5) is 3.94. The zero-order valence-corrected chi connectivity index (χ0v) is 8.54. The van der Waals surface area contributed by atoms with E-state index in [1.807, 2.05) is 0 Å². The number of aliphatic hydroxyl groups is 1. The summed E-state index contributed by atoms with van der Waals surface area (Å²) in [5, 5.41) is 12.6. The summed E-state index contributed by atoms with van der Waals surface area (Å²) in [5.74, 6) is 0.289. The lowest BCUT2D eigenvalue weighted by Crippen LogP contribution is -2.39. The zero-order valence-electron chi connectivity index (χ0n) is 8.54. The van der Waals surface area contributed by atoms with Crippen molar-refractivity contribution in [3.63, 3.8) is 0 Å². The molecule has 1 saturated carbocycles. The molecule has 1 aliphatic rings. The van der Waals surface area contributed by atoms with E-state index in [1.165, 1.54) is 12.3 Å². The van der Waals surface area contributed by atoms with Gasteiger partial charge in [-0.3, -0.25) is 0 Å². The molecule has 2 rings (SSSR count). The second-order valence-electron chi connectivity index (χ2n) is 4.13. The molecule has 1 aliphatic carbocycles. The molecule has 0 atom stereocenters. The van der Waals surface area contributed by atoms with E-state index >= 15 is 0 Å². The molecule has 0 radical (unpaired) electrons. The average Bonchev–Trinajstić information content (AvgIpc) is 2.71. The fourth-order valence-corrected chi connectivity index (χ4v) is 2.10. The Kier molecular flexibility index (Phi) is 2.86. The first-order chi connectivity index (χ1) is 7.24. The number of halogens is 1. The normalized spacial score (nSPS) is 19.1. The highest BCUT2D eigenvalue weighted by Crippen LogP contribution is 2.32. The molecular weight excluding hydrogens is 195 g/mol. The number of nitrogens with one attached hydrogen (secondary N) is 1. The van der Waals surface area contributed by atoms with E-state index in [9.17, 15) is 9.50 Å². The minimum absolute atomic E-state index is 0.103. The second kappa shape index (κ2) is 4.14. The molecule has 1 aromatic heterocycles. The van der Waals surface area contributed by atoms with Crippen LogP contribution in [0.2, 0.25) is 0 Å². The molecule has 0 bridgehead atoms. The van der Waals surface area contributed by atoms with Gasteiger partial charge < -0.3 is 10.4 Å². The lowest BCUT2D eigenvalue weighted by Gasteiger charge is -2.28. The van der Waals surface area contributed by atoms with Crippen molar-refractivity contribution in [3.05, 3.63) is 24.1 Å². The summed E-state index contributed by atoms with van der Waals surface area (Å²) in [5.41, 5.74) is -0.245. The van der Waals surface area contributed by atoms with Gasteiger partial charge in [0.2, 0.25) is 0 Å². The van der Waals surface area contributed by atoms with Crippen LogP contribution in [0.25, 0.3) is 0 Å². The third-order valence-electron chi connectivity index (χ3n) is 2.98. The van der Waals surface area contributed by atoms with Crippen LogP contribution in [0.15, 0.2) is 18.3 Å². The molecule has 2 N–H and O–H groups in total. The molecule has 15 heavy (non-hydrogen) atoms. The first-order valence-electron chi connectivity index (χ1n) is 5.25. The van der Waals surface area contributed by atoms with Crippen LogP contribution in [0.4, 0.5) is 10.2 Å². The maximum Gasteiger partial charge on any atom is 0.141 e. The predicted molar refractivity (Wildman–Crippen MR) is 56.1 cm³/mol. The van der Waals surface area contributed by atoms with E-state index in [0.29, 0.717) is 5.82 Å². The van der Waals surface area contributed by atoms with Gasteiger partial charge in [-0.2, -0.15) is 0 Å². The summed E-state index contributed by atoms with van der Waals surface area (Å²) in [6.07, 6.45) is 5.32. The average molecular weight is 210 g/mol. The molecule has 0 spiro atoms. The molecule has 0 aliphatic heterocycles. The van der Waals surface area contributed by atoms with Crippen LogP contribution in [0.3, 0.4) is 0 Å². The Morgan fingerprint density at radius 3 is 2.67 bits per heavy atom. The van der Waals surface area contributed by atoms with Crippen LogP contribution < -0.4 is 5.32 Å². The van der Waals surface area contributed by atoms with Crippen molar-refractivity contribution in [2.45, 2.75) is 31.2 Å². The van der Waals surface area contributed by atoms with Gasteiger partial charge in [0, 0.05) is 0 Å². The van der Waals surface area contributed by atoms with Gasteiger partial charge in [-0.05, 0) is 25.0 Å². The smallest absolute Gasteiger partial charge is 0.141 e. The highest BCUT2D eigenvalue weighted by atomic mass is 19.1. The van der Waals surface area contributed by atoms with Crippen molar-refractivity contribution >= 4 is 5.82 Å². The highest BCUT2D eigenvalue weighted by molar-refractivity contribution is 5.37. The number of aromatic nitrogens is 1. The fourth-order valence-electron chi connectivity index (χ4n) is 2.10. The molecule has 1 fully saturated rings. The number of pyridine rings is 1. The van der Waals surface area contributed by atoms with Gasteiger partial charge in [0.1, 0.15) is 11.6 Å². The first-order valence-corrected chi connectivity index (χ1v) is 5.25. The number of nitrogens with zero attached hydrogens (tertiary/aromatic N) is 1. The summed E-state index contributed by atoms with van der Waals surface area (Å²) in [6, 6.07) is 2.97. The predicted octanol–water partition coefficient (Wildman–Crippen LogP) is 1.94. The van der Waals surface area contributed by atoms with Crippen LogP contribution in [0.1, 0.15) is 25.7 Å². The minimum atomic E-state index is -0.343. The number of rotatable bonds is 3. The monoisotopic (exact) mass is 210 g/mol. The van der Waals surface area contributed by atoms with Crippen molar-refractivity contribution in [1.29, 1.82) is 0 Å². The third-order valence-corrected chi connectivity index (χ3v) is 2.98. The Labute approximate surface area is 88.3 Å². The molecule has 82 valence electrons. The van der Waals surface area contributed by atoms with Gasteiger partial charge in [-0.15, -0.1) is 0 Å². The largest absolute Gasteiger partial charge is 0.394 e. The molecular formula is C11H15FN2O. The van der Waals surface area contributed by atoms with Crippen molar-refractivity contribution in [2.75, 3.05) is 11.9 Å². The van der Waals surface area contributed by atoms with Crippen LogP contribution in [-0.2, 0) is 0 Å². The molecule has 1 heterocycles. The summed E-state index contributed by atoms with van der Waals surface area (Å²) < 4.78 is 12.6. The van der Waals surface area contributed by atoms with Gasteiger partial charge in [0.05, 0.1) is 18.3 Å². The van der Waals surface area contributed by atoms with Crippen molar-refractivity contribution in [1.82, 2.24) is 4.98 Å². The van der Waals surface area contributed by atoms with Crippen LogP contribution in [0, 0.1) is 5.82 Å². The van der Waals surface area contributed by atoms with E-state index < -0.39 is 0 Å². The second-order valence-corrected chi connectivity index (χ2v) is 4.13. The fraction of sp³-hybridized carbons (Fsp3) is 0.545. The van der Waals surface area contributed by atoms with E-state index in [4.69, 9.17) is 0 Å². The quantitative estimate of drug-likeness (QED) is 0.801. The molecule has 4 heteroatoms. The van der Waals surface area contributed by atoms with Gasteiger partial charge in [-0.1, -0.05) is 12.8 Å². The molecule has 0 unspecified atom stereocenters. The Morgan fingerprint density at radius 1 is 1.40 bits per heavy atom. The van der Waals surface area contributed by atoms with Crippen molar-refractivity contribution in [2.24, 2.45) is 0 Å². The highest BCUT2D eigenvalue weighted by Gasteiger charge is 2.33. The molecule has 1 aromatic rings. The lowest BCUT2D eigenvalue weighted by molar-refractivity contribution is 0.214. The SMILES string of the molecule is OCC1(Nc2ccc(F)cn2)CCCC1. The van der Waals surface area contributed by atoms with E-state index in [-0.39, 0.29) is 18.0 Å². The number of hydrogen-bond donors (Lipinski definition) is 2. The summed E-state index contributed by atoms with van der Waals surface area (Å²) >= 11 is 0. The molecule has 0 amide bonds. The van der Waals surface area contributed by atoms with Gasteiger partial charge in [-0.25, -0.2) is 9.37 Å². The Bertz CT molecular complexity index is 320.